The number of aromatic nitrogens is 4. The predicted molar refractivity (Wildman–Crippen MR) is 74.0 cm³/mol. The Morgan fingerprint density at radius 3 is 3.00 bits per heavy atom. The molecule has 0 radical (unpaired) electrons. The molecular weight excluding hydrogens is 270 g/mol. The lowest BCUT2D eigenvalue weighted by molar-refractivity contribution is 0.201. The lowest BCUT2D eigenvalue weighted by atomic mass is 10.3. The third-order valence-electron chi connectivity index (χ3n) is 2.90. The summed E-state index contributed by atoms with van der Waals surface area (Å²) in [5, 5.41) is 17.8. The highest BCUT2D eigenvalue weighted by atomic mass is 16.5. The van der Waals surface area contributed by atoms with Crippen LogP contribution in [0, 0.1) is 11.3 Å². The second-order valence-electron chi connectivity index (χ2n) is 4.19. The number of nitrogens with zero attached hydrogens (tertiary/aromatic N) is 5. The van der Waals surface area contributed by atoms with Crippen molar-refractivity contribution in [1.82, 2.24) is 19.5 Å². The lowest BCUT2D eigenvalue weighted by Crippen LogP contribution is -2.02. The van der Waals surface area contributed by atoms with Crippen molar-refractivity contribution in [2.75, 3.05) is 13.2 Å². The van der Waals surface area contributed by atoms with Crippen molar-refractivity contribution in [2.24, 2.45) is 0 Å². The number of aliphatic hydroxyl groups excluding tert-OH is 1. The molecule has 0 amide bonds. The summed E-state index contributed by atoms with van der Waals surface area (Å²) in [6.07, 6.45) is 2.93. The maximum atomic E-state index is 9.02. The molecule has 0 bridgehead atoms. The highest BCUT2D eigenvalue weighted by Gasteiger charge is 2.11. The second-order valence-corrected chi connectivity index (χ2v) is 4.19. The number of rotatable bonds is 4. The van der Waals surface area contributed by atoms with Crippen LogP contribution in [-0.4, -0.2) is 37.8 Å². The number of nitriles is 1. The molecule has 0 aliphatic rings. The molecule has 104 valence electrons. The zero-order chi connectivity index (χ0) is 14.7. The first-order valence-electron chi connectivity index (χ1n) is 6.25. The molecule has 0 saturated carbocycles. The number of aliphatic hydroxyl groups is 1. The van der Waals surface area contributed by atoms with Gasteiger partial charge in [-0.1, -0.05) is 6.07 Å². The number of benzene rings is 1. The van der Waals surface area contributed by atoms with Gasteiger partial charge in [0.2, 0.25) is 0 Å². The molecule has 0 fully saturated rings. The molecule has 3 rings (SSSR count). The summed E-state index contributed by atoms with van der Waals surface area (Å²) in [6.45, 7) is 0.186. The molecule has 0 atom stereocenters. The van der Waals surface area contributed by atoms with Gasteiger partial charge in [0, 0.05) is 6.07 Å². The normalized spacial score (nSPS) is 10.5. The number of hydrogen-bond donors (Lipinski definition) is 1. The maximum absolute atomic E-state index is 9.02. The summed E-state index contributed by atoms with van der Waals surface area (Å²) in [4.78, 5) is 12.3. The first-order chi connectivity index (χ1) is 10.3. The summed E-state index contributed by atoms with van der Waals surface area (Å²) in [6, 6.07) is 9.31. The molecule has 0 aliphatic carbocycles. The molecular formula is C14H11N5O2. The van der Waals surface area contributed by atoms with Crippen LogP contribution in [0.1, 0.15) is 5.69 Å². The number of hydrogen-bond acceptors (Lipinski definition) is 6. The highest BCUT2D eigenvalue weighted by Crippen LogP contribution is 2.21. The van der Waals surface area contributed by atoms with Crippen LogP contribution in [0.25, 0.3) is 16.9 Å². The Morgan fingerprint density at radius 1 is 1.29 bits per heavy atom. The van der Waals surface area contributed by atoms with Crippen molar-refractivity contribution in [3.8, 4) is 17.5 Å². The van der Waals surface area contributed by atoms with E-state index in [0.29, 0.717) is 16.9 Å². The van der Waals surface area contributed by atoms with Crippen molar-refractivity contribution in [2.45, 2.75) is 0 Å². The van der Waals surface area contributed by atoms with E-state index in [-0.39, 0.29) is 18.9 Å². The molecule has 0 unspecified atom stereocenters. The van der Waals surface area contributed by atoms with Crippen molar-refractivity contribution in [1.29, 1.82) is 5.26 Å². The van der Waals surface area contributed by atoms with Gasteiger partial charge in [0.25, 0.3) is 0 Å². The van der Waals surface area contributed by atoms with E-state index >= 15 is 0 Å². The van der Waals surface area contributed by atoms with Crippen molar-refractivity contribution < 1.29 is 9.84 Å². The SMILES string of the molecule is N#Cc1ncnc2c1ncn2-c1cccc(OCCO)c1. The van der Waals surface area contributed by atoms with Gasteiger partial charge in [-0.3, -0.25) is 4.57 Å². The largest absolute Gasteiger partial charge is 0.491 e. The van der Waals surface area contributed by atoms with Crippen LogP contribution in [0.15, 0.2) is 36.9 Å². The number of fused-ring (bicyclic) bond motifs is 1. The number of imidazole rings is 1. The van der Waals surface area contributed by atoms with Crippen LogP contribution in [0.4, 0.5) is 0 Å². The lowest BCUT2D eigenvalue weighted by Gasteiger charge is -2.07. The van der Waals surface area contributed by atoms with E-state index in [0.717, 1.165) is 5.69 Å². The average molecular weight is 281 g/mol. The minimum atomic E-state index is -0.0447. The average Bonchev–Trinajstić information content (AvgIpc) is 2.97. The quantitative estimate of drug-likeness (QED) is 0.768. The molecule has 7 heteroatoms. The van der Waals surface area contributed by atoms with Gasteiger partial charge < -0.3 is 9.84 Å². The Balaban J connectivity index is 2.07. The Hall–Kier alpha value is -2.98. The van der Waals surface area contributed by atoms with Gasteiger partial charge >= 0.3 is 0 Å². The van der Waals surface area contributed by atoms with Gasteiger partial charge in [0.15, 0.2) is 11.3 Å². The maximum Gasteiger partial charge on any atom is 0.171 e. The smallest absolute Gasteiger partial charge is 0.171 e. The summed E-state index contributed by atoms with van der Waals surface area (Å²) in [5.74, 6) is 0.637. The molecule has 2 heterocycles. The third-order valence-corrected chi connectivity index (χ3v) is 2.90. The summed E-state index contributed by atoms with van der Waals surface area (Å²) >= 11 is 0. The fourth-order valence-corrected chi connectivity index (χ4v) is 1.99. The van der Waals surface area contributed by atoms with E-state index in [9.17, 15) is 0 Å². The second kappa shape index (κ2) is 5.56. The zero-order valence-electron chi connectivity index (χ0n) is 11.0. The predicted octanol–water partition coefficient (Wildman–Crippen LogP) is 1.06. The molecule has 3 aromatic rings. The first-order valence-corrected chi connectivity index (χ1v) is 6.25. The zero-order valence-corrected chi connectivity index (χ0v) is 11.0. The van der Waals surface area contributed by atoms with Crippen LogP contribution >= 0.6 is 0 Å². The molecule has 1 N–H and O–H groups in total. The molecule has 2 aromatic heterocycles. The van der Waals surface area contributed by atoms with Crippen molar-refractivity contribution in [3.05, 3.63) is 42.6 Å². The molecule has 0 aliphatic heterocycles. The van der Waals surface area contributed by atoms with Gasteiger partial charge in [0.05, 0.1) is 12.3 Å². The Morgan fingerprint density at radius 2 is 2.19 bits per heavy atom. The Labute approximate surface area is 120 Å². The first kappa shape index (κ1) is 13.0. The van der Waals surface area contributed by atoms with E-state index in [1.165, 1.54) is 6.33 Å². The summed E-state index contributed by atoms with van der Waals surface area (Å²) in [7, 11) is 0. The van der Waals surface area contributed by atoms with E-state index in [4.69, 9.17) is 15.1 Å². The summed E-state index contributed by atoms with van der Waals surface area (Å²) in [5.41, 5.74) is 2.06. The summed E-state index contributed by atoms with van der Waals surface area (Å²) < 4.78 is 7.14. The molecule has 21 heavy (non-hydrogen) atoms. The van der Waals surface area contributed by atoms with Crippen LogP contribution in [0.2, 0.25) is 0 Å². The minimum Gasteiger partial charge on any atom is -0.491 e. The molecule has 1 aromatic carbocycles. The van der Waals surface area contributed by atoms with E-state index in [2.05, 4.69) is 15.0 Å². The van der Waals surface area contributed by atoms with Gasteiger partial charge in [-0.25, -0.2) is 15.0 Å². The highest BCUT2D eigenvalue weighted by molar-refractivity contribution is 5.77. The molecule has 0 saturated heterocycles. The third kappa shape index (κ3) is 2.40. The van der Waals surface area contributed by atoms with Gasteiger partial charge in [0.1, 0.15) is 36.6 Å². The van der Waals surface area contributed by atoms with Gasteiger partial charge in [-0.15, -0.1) is 0 Å². The van der Waals surface area contributed by atoms with Gasteiger partial charge in [-0.05, 0) is 12.1 Å². The van der Waals surface area contributed by atoms with E-state index in [1.807, 2.05) is 24.3 Å². The standard InChI is InChI=1S/C14H11N5O2/c15-7-12-13-14(17-8-16-12)19(9-18-13)10-2-1-3-11(6-10)21-5-4-20/h1-3,6,8-9,20H,4-5H2. The van der Waals surface area contributed by atoms with Crippen molar-refractivity contribution >= 4 is 11.2 Å². The van der Waals surface area contributed by atoms with E-state index < -0.39 is 0 Å². The number of ether oxygens (including phenoxy) is 1. The monoisotopic (exact) mass is 281 g/mol. The van der Waals surface area contributed by atoms with Crippen molar-refractivity contribution in [3.63, 3.8) is 0 Å². The Bertz CT molecular complexity index is 822. The molecule has 0 spiro atoms. The van der Waals surface area contributed by atoms with Crippen LogP contribution in [-0.2, 0) is 0 Å². The topological polar surface area (TPSA) is 96.9 Å². The minimum absolute atomic E-state index is 0.0447. The van der Waals surface area contributed by atoms with Crippen LogP contribution in [0.3, 0.4) is 0 Å². The fraction of sp³-hybridized carbons (Fsp3) is 0.143. The Kier molecular flexibility index (Phi) is 3.45. The fourth-order valence-electron chi connectivity index (χ4n) is 1.99. The molecule has 7 nitrogen and oxygen atoms in total. The van der Waals surface area contributed by atoms with Gasteiger partial charge in [-0.2, -0.15) is 5.26 Å². The van der Waals surface area contributed by atoms with Crippen LogP contribution in [0.5, 0.6) is 5.75 Å². The van der Waals surface area contributed by atoms with E-state index in [1.54, 1.807) is 17.0 Å². The van der Waals surface area contributed by atoms with Crippen LogP contribution < -0.4 is 4.74 Å².